The molecule has 0 aliphatic carbocycles. The molecule has 1 heterocycles. The number of aryl methyl sites for hydroxylation is 1. The predicted octanol–water partition coefficient (Wildman–Crippen LogP) is 3.82. The van der Waals surface area contributed by atoms with Crippen LogP contribution >= 0.6 is 11.3 Å². The molecule has 2 N–H and O–H groups in total. The fourth-order valence-electron chi connectivity index (χ4n) is 1.94. The molecule has 0 saturated heterocycles. The van der Waals surface area contributed by atoms with Gasteiger partial charge >= 0.3 is 12.2 Å². The average molecular weight is 372 g/mol. The number of anilines is 2. The molecular weight excluding hydrogens is 357 g/mol. The van der Waals surface area contributed by atoms with Crippen molar-refractivity contribution in [3.8, 4) is 0 Å². The number of thiazole rings is 1. The second-order valence-corrected chi connectivity index (χ2v) is 6.25. The highest BCUT2D eigenvalue weighted by Crippen LogP contribution is 2.34. The third kappa shape index (κ3) is 4.47. The van der Waals surface area contributed by atoms with Gasteiger partial charge in [-0.05, 0) is 19.1 Å². The van der Waals surface area contributed by atoms with Gasteiger partial charge in [0.25, 0.3) is 5.91 Å². The number of nitrogens with one attached hydrogen (secondary N) is 2. The van der Waals surface area contributed by atoms with Crippen molar-refractivity contribution in [1.29, 1.82) is 0 Å². The second-order valence-electron chi connectivity index (χ2n) is 5.26. The lowest BCUT2D eigenvalue weighted by Crippen LogP contribution is -2.21. The highest BCUT2D eigenvalue weighted by Gasteiger charge is 2.33. The standard InChI is InChI=1S/C15H15F3N4O2S/c1-8-11(12(23)22(2)3)25-14(19-8)21-13(24)20-10-7-5-4-6-9(10)15(16,17)18/h4-7H,1-3H3,(H2,19,20,21,24). The Labute approximate surface area is 145 Å². The number of nitrogens with zero attached hydrogens (tertiary/aromatic N) is 2. The van der Waals surface area contributed by atoms with Crippen LogP contribution in [0, 0.1) is 6.92 Å². The van der Waals surface area contributed by atoms with Gasteiger partial charge in [-0.3, -0.25) is 10.1 Å². The summed E-state index contributed by atoms with van der Waals surface area (Å²) < 4.78 is 38.8. The van der Waals surface area contributed by atoms with Gasteiger partial charge in [-0.25, -0.2) is 9.78 Å². The van der Waals surface area contributed by atoms with E-state index in [9.17, 15) is 22.8 Å². The monoisotopic (exact) mass is 372 g/mol. The van der Waals surface area contributed by atoms with Gasteiger partial charge in [0.1, 0.15) is 4.88 Å². The summed E-state index contributed by atoms with van der Waals surface area (Å²) in [6, 6.07) is 3.75. The predicted molar refractivity (Wildman–Crippen MR) is 89.0 cm³/mol. The zero-order valence-electron chi connectivity index (χ0n) is 13.6. The van der Waals surface area contributed by atoms with Crippen molar-refractivity contribution in [3.63, 3.8) is 0 Å². The number of alkyl halides is 3. The number of benzene rings is 1. The van der Waals surface area contributed by atoms with E-state index in [4.69, 9.17) is 0 Å². The minimum atomic E-state index is -4.59. The highest BCUT2D eigenvalue weighted by atomic mass is 32.1. The summed E-state index contributed by atoms with van der Waals surface area (Å²) in [6.45, 7) is 1.61. The summed E-state index contributed by atoms with van der Waals surface area (Å²) in [5.74, 6) is -0.272. The van der Waals surface area contributed by atoms with Crippen LogP contribution in [0.1, 0.15) is 20.9 Å². The van der Waals surface area contributed by atoms with Gasteiger partial charge < -0.3 is 10.2 Å². The molecule has 0 bridgehead atoms. The van der Waals surface area contributed by atoms with Gasteiger partial charge in [-0.1, -0.05) is 23.5 Å². The molecule has 0 unspecified atom stereocenters. The maximum absolute atomic E-state index is 12.9. The van der Waals surface area contributed by atoms with Gasteiger partial charge in [-0.2, -0.15) is 13.2 Å². The molecule has 0 atom stereocenters. The van der Waals surface area contributed by atoms with E-state index in [-0.39, 0.29) is 16.7 Å². The molecule has 2 rings (SSSR count). The van der Waals surface area contributed by atoms with E-state index in [2.05, 4.69) is 15.6 Å². The van der Waals surface area contributed by atoms with Crippen LogP contribution in [0.2, 0.25) is 0 Å². The first-order valence-electron chi connectivity index (χ1n) is 7.03. The first kappa shape index (κ1) is 18.7. The zero-order chi connectivity index (χ0) is 18.8. The van der Waals surface area contributed by atoms with Crippen LogP contribution in [-0.4, -0.2) is 35.9 Å². The molecule has 10 heteroatoms. The molecule has 134 valence electrons. The van der Waals surface area contributed by atoms with Crippen LogP contribution in [0.3, 0.4) is 0 Å². The number of hydrogen-bond donors (Lipinski definition) is 2. The fraction of sp³-hybridized carbons (Fsp3) is 0.267. The first-order chi connectivity index (χ1) is 11.6. The number of amides is 3. The Hall–Kier alpha value is -2.62. The highest BCUT2D eigenvalue weighted by molar-refractivity contribution is 7.17. The Bertz CT molecular complexity index is 802. The molecule has 2 aromatic rings. The van der Waals surface area contributed by atoms with E-state index in [1.165, 1.54) is 17.0 Å². The lowest BCUT2D eigenvalue weighted by atomic mass is 10.1. The van der Waals surface area contributed by atoms with Crippen LogP contribution in [0.5, 0.6) is 0 Å². The molecule has 25 heavy (non-hydrogen) atoms. The van der Waals surface area contributed by atoms with E-state index in [1.54, 1.807) is 21.0 Å². The number of halogens is 3. The Kier molecular flexibility index (Phi) is 5.31. The van der Waals surface area contributed by atoms with Crippen molar-refractivity contribution in [3.05, 3.63) is 40.4 Å². The van der Waals surface area contributed by atoms with Crippen LogP contribution in [-0.2, 0) is 6.18 Å². The van der Waals surface area contributed by atoms with Gasteiger partial charge in [0.05, 0.1) is 16.9 Å². The molecule has 1 aromatic carbocycles. The number of carbonyl (C=O) groups excluding carboxylic acids is 2. The first-order valence-corrected chi connectivity index (χ1v) is 7.84. The smallest absolute Gasteiger partial charge is 0.344 e. The summed E-state index contributed by atoms with van der Waals surface area (Å²) in [4.78, 5) is 29.7. The Morgan fingerprint density at radius 3 is 2.40 bits per heavy atom. The van der Waals surface area contributed by atoms with Gasteiger partial charge in [-0.15, -0.1) is 0 Å². The van der Waals surface area contributed by atoms with Crippen LogP contribution in [0.15, 0.2) is 24.3 Å². The summed E-state index contributed by atoms with van der Waals surface area (Å²) in [7, 11) is 3.16. The van der Waals surface area contributed by atoms with Crippen molar-refractivity contribution in [2.45, 2.75) is 13.1 Å². The van der Waals surface area contributed by atoms with Crippen LogP contribution < -0.4 is 10.6 Å². The van der Waals surface area contributed by atoms with Crippen molar-refractivity contribution in [2.24, 2.45) is 0 Å². The van der Waals surface area contributed by atoms with E-state index in [1.807, 2.05) is 0 Å². The summed E-state index contributed by atoms with van der Waals surface area (Å²) in [5, 5.41) is 4.61. The third-order valence-electron chi connectivity index (χ3n) is 3.10. The largest absolute Gasteiger partial charge is 0.418 e. The Morgan fingerprint density at radius 2 is 1.80 bits per heavy atom. The minimum absolute atomic E-state index is 0.115. The maximum Gasteiger partial charge on any atom is 0.418 e. The lowest BCUT2D eigenvalue weighted by Gasteiger charge is -2.13. The fourth-order valence-corrected chi connectivity index (χ4v) is 2.92. The summed E-state index contributed by atoms with van der Waals surface area (Å²) in [6.07, 6.45) is -4.59. The van der Waals surface area contributed by atoms with Gasteiger partial charge in [0, 0.05) is 14.1 Å². The van der Waals surface area contributed by atoms with Gasteiger partial charge in [0.2, 0.25) is 0 Å². The number of aromatic nitrogens is 1. The second kappa shape index (κ2) is 7.09. The Balaban J connectivity index is 2.15. The van der Waals surface area contributed by atoms with E-state index < -0.39 is 17.8 Å². The normalized spacial score (nSPS) is 11.1. The van der Waals surface area contributed by atoms with Crippen molar-refractivity contribution < 1.29 is 22.8 Å². The number of rotatable bonds is 3. The molecule has 0 spiro atoms. The van der Waals surface area contributed by atoms with Crippen molar-refractivity contribution in [1.82, 2.24) is 9.88 Å². The SMILES string of the molecule is Cc1nc(NC(=O)Nc2ccccc2C(F)(F)F)sc1C(=O)N(C)C. The Morgan fingerprint density at radius 1 is 1.16 bits per heavy atom. The molecule has 1 aromatic heterocycles. The minimum Gasteiger partial charge on any atom is -0.344 e. The topological polar surface area (TPSA) is 74.3 Å². The molecular formula is C15H15F3N4O2S. The summed E-state index contributed by atoms with van der Waals surface area (Å²) in [5.41, 5.74) is -0.899. The summed E-state index contributed by atoms with van der Waals surface area (Å²) >= 11 is 0.948. The van der Waals surface area contributed by atoms with E-state index in [0.717, 1.165) is 23.5 Å². The molecule has 0 aliphatic heterocycles. The number of hydrogen-bond acceptors (Lipinski definition) is 4. The number of urea groups is 1. The van der Waals surface area contributed by atoms with Crippen molar-refractivity contribution >= 4 is 34.1 Å². The third-order valence-corrected chi connectivity index (χ3v) is 4.16. The zero-order valence-corrected chi connectivity index (χ0v) is 14.4. The van der Waals surface area contributed by atoms with Crippen LogP contribution in [0.4, 0.5) is 28.8 Å². The van der Waals surface area contributed by atoms with Crippen molar-refractivity contribution in [2.75, 3.05) is 24.7 Å². The molecule has 0 radical (unpaired) electrons. The number of para-hydroxylation sites is 1. The number of carbonyl (C=O) groups is 2. The molecule has 0 saturated carbocycles. The average Bonchev–Trinajstić information content (AvgIpc) is 2.86. The molecule has 6 nitrogen and oxygen atoms in total. The quantitative estimate of drug-likeness (QED) is 0.860. The lowest BCUT2D eigenvalue weighted by molar-refractivity contribution is -0.136. The molecule has 0 fully saturated rings. The van der Waals surface area contributed by atoms with E-state index >= 15 is 0 Å². The molecule has 0 aliphatic rings. The van der Waals surface area contributed by atoms with Crippen LogP contribution in [0.25, 0.3) is 0 Å². The van der Waals surface area contributed by atoms with E-state index in [0.29, 0.717) is 10.6 Å². The maximum atomic E-state index is 12.9. The van der Waals surface area contributed by atoms with Gasteiger partial charge in [0.15, 0.2) is 5.13 Å². The molecule has 3 amide bonds.